The van der Waals surface area contributed by atoms with Crippen LogP contribution in [0.3, 0.4) is 0 Å². The van der Waals surface area contributed by atoms with E-state index in [9.17, 15) is 9.90 Å². The van der Waals surface area contributed by atoms with Gasteiger partial charge in [-0.3, -0.25) is 9.69 Å². The second-order valence-electron chi connectivity index (χ2n) is 8.18. The minimum Gasteiger partial charge on any atom is -0.469 e. The van der Waals surface area contributed by atoms with Crippen LogP contribution in [0.4, 0.5) is 0 Å². The topological polar surface area (TPSA) is 65.6 Å². The van der Waals surface area contributed by atoms with Gasteiger partial charge in [-0.2, -0.15) is 0 Å². The van der Waals surface area contributed by atoms with Crippen LogP contribution < -0.4 is 0 Å². The van der Waals surface area contributed by atoms with E-state index in [1.807, 2.05) is 0 Å². The fraction of sp³-hybridized carbons (Fsp3) is 0.571. The Balaban J connectivity index is 1.52. The van der Waals surface area contributed by atoms with E-state index in [0.29, 0.717) is 18.4 Å². The normalized spacial score (nSPS) is 34.0. The van der Waals surface area contributed by atoms with Gasteiger partial charge in [0.15, 0.2) is 0 Å². The van der Waals surface area contributed by atoms with Crippen molar-refractivity contribution in [2.45, 2.75) is 37.8 Å². The molecule has 0 spiro atoms. The van der Waals surface area contributed by atoms with Crippen molar-refractivity contribution in [3.63, 3.8) is 0 Å². The summed E-state index contributed by atoms with van der Waals surface area (Å²) in [6.07, 6.45) is 3.14. The summed E-state index contributed by atoms with van der Waals surface area (Å²) in [7, 11) is 1.43. The zero-order chi connectivity index (χ0) is 17.8. The third-order valence-corrected chi connectivity index (χ3v) is 7.02. The number of hydrogen-bond acceptors (Lipinski definition) is 4. The van der Waals surface area contributed by atoms with Crippen molar-refractivity contribution in [1.82, 2.24) is 9.88 Å². The number of H-pyrrole nitrogens is 1. The van der Waals surface area contributed by atoms with Gasteiger partial charge in [0, 0.05) is 29.7 Å². The van der Waals surface area contributed by atoms with Gasteiger partial charge in [-0.1, -0.05) is 18.2 Å². The van der Waals surface area contributed by atoms with E-state index in [0.717, 1.165) is 32.4 Å². The molecule has 5 heteroatoms. The highest BCUT2D eigenvalue weighted by atomic mass is 16.5. The molecule has 0 bridgehead atoms. The first-order valence-corrected chi connectivity index (χ1v) is 9.76. The van der Waals surface area contributed by atoms with Gasteiger partial charge >= 0.3 is 5.97 Å². The number of methoxy groups -OCH3 is 1. The monoisotopic (exact) mass is 354 g/mol. The van der Waals surface area contributed by atoms with Crippen LogP contribution in [-0.4, -0.2) is 47.3 Å². The highest BCUT2D eigenvalue weighted by Gasteiger charge is 2.49. The summed E-state index contributed by atoms with van der Waals surface area (Å²) in [5.74, 6) is 0.0541. The van der Waals surface area contributed by atoms with E-state index in [1.54, 1.807) is 0 Å². The van der Waals surface area contributed by atoms with E-state index < -0.39 is 6.10 Å². The number of aliphatic hydroxyl groups is 1. The van der Waals surface area contributed by atoms with Crippen LogP contribution in [0.25, 0.3) is 10.9 Å². The number of piperidine rings is 1. The average molecular weight is 354 g/mol. The number of para-hydroxylation sites is 1. The standard InChI is InChI=1S/C21H26N2O3/c1-26-21(25)19-15-10-17-20-14(13-4-2-3-5-16(13)22-20)8-9-23(17)11-12(15)6-7-18(19)24/h2-5,12,15,17-19,22,24H,6-11H2,1H3/t12?,15-,17-,18-,19?/m0/s1. The predicted molar refractivity (Wildman–Crippen MR) is 98.7 cm³/mol. The molecule has 3 heterocycles. The number of carbonyl (C=O) groups excluding carboxylic acids is 1. The molecule has 2 N–H and O–H groups in total. The van der Waals surface area contributed by atoms with Crippen molar-refractivity contribution < 1.29 is 14.6 Å². The summed E-state index contributed by atoms with van der Waals surface area (Å²) in [5, 5.41) is 11.8. The zero-order valence-electron chi connectivity index (χ0n) is 15.1. The lowest BCUT2D eigenvalue weighted by molar-refractivity contribution is -0.160. The molecule has 5 rings (SSSR count). The van der Waals surface area contributed by atoms with E-state index in [-0.39, 0.29) is 17.8 Å². The lowest BCUT2D eigenvalue weighted by Crippen LogP contribution is -2.53. The minimum absolute atomic E-state index is 0.199. The first kappa shape index (κ1) is 16.3. The minimum atomic E-state index is -0.568. The summed E-state index contributed by atoms with van der Waals surface area (Å²) < 4.78 is 5.04. The molecule has 138 valence electrons. The van der Waals surface area contributed by atoms with Gasteiger partial charge in [-0.05, 0) is 49.1 Å². The molecule has 26 heavy (non-hydrogen) atoms. The number of aromatic amines is 1. The number of esters is 1. The molecule has 1 saturated heterocycles. The Bertz CT molecular complexity index is 845. The fourth-order valence-corrected chi connectivity index (χ4v) is 5.80. The van der Waals surface area contributed by atoms with Gasteiger partial charge in [0.2, 0.25) is 0 Å². The maximum Gasteiger partial charge on any atom is 0.311 e. The first-order valence-electron chi connectivity index (χ1n) is 9.76. The molecular formula is C21H26N2O3. The quantitative estimate of drug-likeness (QED) is 0.773. The van der Waals surface area contributed by atoms with Gasteiger partial charge in [0.25, 0.3) is 0 Å². The van der Waals surface area contributed by atoms with Crippen LogP contribution in [0.2, 0.25) is 0 Å². The van der Waals surface area contributed by atoms with E-state index in [4.69, 9.17) is 4.74 Å². The molecule has 0 radical (unpaired) electrons. The third kappa shape index (κ3) is 2.33. The van der Waals surface area contributed by atoms with E-state index >= 15 is 0 Å². The second-order valence-corrected chi connectivity index (χ2v) is 8.18. The number of carbonyl (C=O) groups is 1. The highest BCUT2D eigenvalue weighted by molar-refractivity contribution is 5.85. The van der Waals surface area contributed by atoms with Crippen LogP contribution >= 0.6 is 0 Å². The predicted octanol–water partition coefficient (Wildman–Crippen LogP) is 2.65. The van der Waals surface area contributed by atoms with Crippen LogP contribution in [0, 0.1) is 17.8 Å². The Morgan fingerprint density at radius 2 is 2.15 bits per heavy atom. The Labute approximate surface area is 153 Å². The summed E-state index contributed by atoms with van der Waals surface area (Å²) in [4.78, 5) is 18.6. The maximum atomic E-state index is 12.4. The van der Waals surface area contributed by atoms with Gasteiger partial charge in [0.05, 0.1) is 25.2 Å². The molecule has 2 aromatic rings. The summed E-state index contributed by atoms with van der Waals surface area (Å²) >= 11 is 0. The molecule has 3 aliphatic rings. The lowest BCUT2D eigenvalue weighted by atomic mass is 9.65. The van der Waals surface area contributed by atoms with Crippen molar-refractivity contribution in [1.29, 1.82) is 0 Å². The fourth-order valence-electron chi connectivity index (χ4n) is 5.80. The number of nitrogens with one attached hydrogen (secondary N) is 1. The number of ether oxygens (including phenoxy) is 1. The van der Waals surface area contributed by atoms with Crippen LogP contribution in [0.15, 0.2) is 24.3 Å². The lowest BCUT2D eigenvalue weighted by Gasteiger charge is -2.50. The van der Waals surface area contributed by atoms with Crippen molar-refractivity contribution in [3.8, 4) is 0 Å². The molecule has 1 saturated carbocycles. The molecule has 5 atom stereocenters. The van der Waals surface area contributed by atoms with Crippen molar-refractivity contribution >= 4 is 16.9 Å². The smallest absolute Gasteiger partial charge is 0.311 e. The molecule has 5 nitrogen and oxygen atoms in total. The van der Waals surface area contributed by atoms with Crippen LogP contribution in [0.1, 0.15) is 36.6 Å². The Morgan fingerprint density at radius 1 is 1.31 bits per heavy atom. The molecule has 2 aliphatic heterocycles. The number of fused-ring (bicyclic) bond motifs is 6. The number of rotatable bonds is 1. The molecule has 1 aromatic heterocycles. The number of nitrogens with zero attached hydrogens (tertiary/aromatic N) is 1. The van der Waals surface area contributed by atoms with Gasteiger partial charge in [-0.25, -0.2) is 0 Å². The first-order chi connectivity index (χ1) is 12.7. The van der Waals surface area contributed by atoms with Gasteiger partial charge in [-0.15, -0.1) is 0 Å². The third-order valence-electron chi connectivity index (χ3n) is 7.02. The van der Waals surface area contributed by atoms with E-state index in [1.165, 1.54) is 29.3 Å². The largest absolute Gasteiger partial charge is 0.469 e. The van der Waals surface area contributed by atoms with Crippen molar-refractivity contribution in [2.24, 2.45) is 17.8 Å². The highest BCUT2D eigenvalue weighted by Crippen LogP contribution is 2.49. The molecule has 2 fully saturated rings. The Hall–Kier alpha value is -1.85. The molecule has 1 aromatic carbocycles. The average Bonchev–Trinajstić information content (AvgIpc) is 3.05. The molecule has 0 amide bonds. The zero-order valence-corrected chi connectivity index (χ0v) is 15.1. The summed E-state index contributed by atoms with van der Waals surface area (Å²) in [6, 6.07) is 8.83. The number of aromatic nitrogens is 1. The SMILES string of the molecule is COC(=O)C1[C@H]2C[C@H]3c4[nH]c5ccccc5c4CCN3CC2CC[C@@H]1O. The molecule has 2 unspecified atom stereocenters. The van der Waals surface area contributed by atoms with Crippen molar-refractivity contribution in [3.05, 3.63) is 35.5 Å². The second kappa shape index (κ2) is 6.10. The van der Waals surface area contributed by atoms with E-state index in [2.05, 4.69) is 34.1 Å². The summed E-state index contributed by atoms with van der Waals surface area (Å²) in [5.41, 5.74) is 3.96. The van der Waals surface area contributed by atoms with Crippen LogP contribution in [-0.2, 0) is 16.0 Å². The van der Waals surface area contributed by atoms with Gasteiger partial charge in [0.1, 0.15) is 0 Å². The Morgan fingerprint density at radius 3 is 3.00 bits per heavy atom. The maximum absolute atomic E-state index is 12.4. The Kier molecular flexibility index (Phi) is 3.83. The van der Waals surface area contributed by atoms with Gasteiger partial charge < -0.3 is 14.8 Å². The number of aliphatic hydroxyl groups excluding tert-OH is 1. The molecular weight excluding hydrogens is 328 g/mol. The number of hydrogen-bond donors (Lipinski definition) is 2. The van der Waals surface area contributed by atoms with Crippen LogP contribution in [0.5, 0.6) is 0 Å². The molecule has 1 aliphatic carbocycles. The summed E-state index contributed by atoms with van der Waals surface area (Å²) in [6.45, 7) is 2.10. The number of benzene rings is 1. The van der Waals surface area contributed by atoms with Crippen molar-refractivity contribution in [2.75, 3.05) is 20.2 Å².